The van der Waals surface area contributed by atoms with Crippen LogP contribution in [-0.4, -0.2) is 72.9 Å². The van der Waals surface area contributed by atoms with E-state index >= 15 is 0 Å². The van der Waals surface area contributed by atoms with Gasteiger partial charge in [-0.1, -0.05) is 60.1 Å². The molecule has 0 bridgehead atoms. The summed E-state index contributed by atoms with van der Waals surface area (Å²) in [5.41, 5.74) is 5.30. The molecule has 1 fully saturated rings. The predicted octanol–water partition coefficient (Wildman–Crippen LogP) is 5.53. The van der Waals surface area contributed by atoms with Crippen LogP contribution in [0.15, 0.2) is 79.0 Å². The third-order valence-corrected chi connectivity index (χ3v) is 9.33. The summed E-state index contributed by atoms with van der Waals surface area (Å²) in [4.78, 5) is 38.2. The normalized spacial score (nSPS) is 18.4. The summed E-state index contributed by atoms with van der Waals surface area (Å²) in [6.45, 7) is 4.07. The molecule has 2 amide bonds. The zero-order chi connectivity index (χ0) is 30.6. The number of carbonyl (C=O) groups excluding carboxylic acids is 2. The number of halogens is 1. The molecule has 1 saturated heterocycles. The Labute approximate surface area is 265 Å². The highest BCUT2D eigenvalue weighted by Gasteiger charge is 2.35. The molecule has 0 aliphatic carbocycles. The van der Waals surface area contributed by atoms with E-state index in [2.05, 4.69) is 64.5 Å². The fourth-order valence-electron chi connectivity index (χ4n) is 6.95. The Morgan fingerprint density at radius 2 is 1.77 bits per heavy atom. The monoisotopic (exact) mass is 611 g/mol. The number of nitrogens with one attached hydrogen (secondary N) is 2. The molecule has 2 aliphatic heterocycles. The average molecular weight is 612 g/mol. The third kappa shape index (κ3) is 7.01. The Kier molecular flexibility index (Phi) is 9.36. The van der Waals surface area contributed by atoms with Crippen LogP contribution in [0.4, 0.5) is 5.69 Å². The number of aromatic nitrogens is 1. The quantitative estimate of drug-likeness (QED) is 0.261. The molecule has 3 heterocycles. The molecule has 0 unspecified atom stereocenters. The van der Waals surface area contributed by atoms with Crippen LogP contribution in [-0.2, 0) is 29.0 Å². The number of aromatic amines is 1. The third-order valence-electron chi connectivity index (χ3n) is 9.09. The predicted molar refractivity (Wildman–Crippen MR) is 178 cm³/mol. The fraction of sp³-hybridized carbons (Fsp3) is 0.389. The van der Waals surface area contributed by atoms with E-state index in [0.717, 1.165) is 73.2 Å². The van der Waals surface area contributed by atoms with Crippen molar-refractivity contribution in [2.24, 2.45) is 11.8 Å². The first-order chi connectivity index (χ1) is 21.3. The number of rotatable bonds is 9. The lowest BCUT2D eigenvalue weighted by atomic mass is 9.90. The smallest absolute Gasteiger partial charge is 0.249 e. The highest BCUT2D eigenvalue weighted by Crippen LogP contribution is 2.33. The van der Waals surface area contributed by atoms with Crippen LogP contribution >= 0.6 is 11.6 Å². The maximum Gasteiger partial charge on any atom is 0.249 e. The Hall–Kier alpha value is -3.65. The van der Waals surface area contributed by atoms with E-state index in [0.29, 0.717) is 18.0 Å². The number of H-pyrrole nitrogens is 1. The van der Waals surface area contributed by atoms with Gasteiger partial charge >= 0.3 is 0 Å². The van der Waals surface area contributed by atoms with E-state index in [4.69, 9.17) is 11.6 Å². The number of carbonyl (C=O) groups is 2. The lowest BCUT2D eigenvalue weighted by molar-refractivity contribution is -0.131. The van der Waals surface area contributed by atoms with Crippen LogP contribution in [0.2, 0.25) is 5.02 Å². The van der Waals surface area contributed by atoms with Crippen molar-refractivity contribution in [1.82, 2.24) is 20.1 Å². The van der Waals surface area contributed by atoms with Crippen molar-refractivity contribution in [3.8, 4) is 0 Å². The summed E-state index contributed by atoms with van der Waals surface area (Å²) in [5.74, 6) is 0.0467. The van der Waals surface area contributed by atoms with Gasteiger partial charge in [0.15, 0.2) is 0 Å². The molecule has 2 aliphatic rings. The standard InChI is InChI=1S/C36H42ClN5O2/c1-40(2)22-26-18-28-19-30(37)12-13-34(28)42(24-26)36(44)33(20-29-21-38-32-11-7-6-10-31(29)32)39-35(43)27-14-16-41(17-15-27)23-25-8-4-3-5-9-25/h3-13,19,21,26-27,33,38H,14-18,20,22-24H2,1-2H3,(H,39,43)/t26-,33-/m1/s1. The van der Waals surface area contributed by atoms with Crippen molar-refractivity contribution < 1.29 is 9.59 Å². The molecule has 8 heteroatoms. The van der Waals surface area contributed by atoms with Gasteiger partial charge in [-0.2, -0.15) is 0 Å². The van der Waals surface area contributed by atoms with Gasteiger partial charge in [0.1, 0.15) is 6.04 Å². The Bertz CT molecular complexity index is 1590. The number of nitrogens with zero attached hydrogens (tertiary/aromatic N) is 3. The second kappa shape index (κ2) is 13.6. The number of benzene rings is 3. The van der Waals surface area contributed by atoms with Crippen molar-refractivity contribution >= 4 is 40.0 Å². The van der Waals surface area contributed by atoms with E-state index in [1.165, 1.54) is 5.56 Å². The second-order valence-electron chi connectivity index (χ2n) is 12.7. The topological polar surface area (TPSA) is 71.7 Å². The molecule has 44 heavy (non-hydrogen) atoms. The number of hydrogen-bond donors (Lipinski definition) is 2. The van der Waals surface area contributed by atoms with E-state index in [9.17, 15) is 9.59 Å². The molecule has 0 radical (unpaired) electrons. The van der Waals surface area contributed by atoms with Gasteiger partial charge in [0, 0.05) is 59.8 Å². The summed E-state index contributed by atoms with van der Waals surface area (Å²) in [6, 6.07) is 23.7. The van der Waals surface area contributed by atoms with Crippen molar-refractivity contribution in [1.29, 1.82) is 0 Å². The van der Waals surface area contributed by atoms with Crippen LogP contribution in [0.1, 0.15) is 29.5 Å². The van der Waals surface area contributed by atoms with Crippen LogP contribution in [0.5, 0.6) is 0 Å². The molecule has 3 aromatic carbocycles. The lowest BCUT2D eigenvalue weighted by Crippen LogP contribution is -2.54. The highest BCUT2D eigenvalue weighted by molar-refractivity contribution is 6.30. The van der Waals surface area contributed by atoms with Crippen LogP contribution in [0.25, 0.3) is 10.9 Å². The summed E-state index contributed by atoms with van der Waals surface area (Å²) in [5, 5.41) is 4.99. The second-order valence-corrected chi connectivity index (χ2v) is 13.2. The number of fused-ring (bicyclic) bond motifs is 2. The minimum atomic E-state index is -0.689. The Morgan fingerprint density at radius 3 is 2.55 bits per heavy atom. The summed E-state index contributed by atoms with van der Waals surface area (Å²) < 4.78 is 0. The van der Waals surface area contributed by atoms with Gasteiger partial charge in [0.2, 0.25) is 11.8 Å². The molecule has 1 aromatic heterocycles. The number of likely N-dealkylation sites (tertiary alicyclic amines) is 1. The van der Waals surface area contributed by atoms with Gasteiger partial charge in [-0.05, 0) is 93.3 Å². The summed E-state index contributed by atoms with van der Waals surface area (Å²) >= 11 is 6.40. The number of piperidine rings is 1. The Morgan fingerprint density at radius 1 is 1.02 bits per heavy atom. The molecule has 7 nitrogen and oxygen atoms in total. The first-order valence-corrected chi connectivity index (χ1v) is 16.1. The van der Waals surface area contributed by atoms with Crippen LogP contribution in [0.3, 0.4) is 0 Å². The first-order valence-electron chi connectivity index (χ1n) is 15.7. The van der Waals surface area contributed by atoms with E-state index in [1.807, 2.05) is 53.6 Å². The van der Waals surface area contributed by atoms with Gasteiger partial charge in [0.05, 0.1) is 0 Å². The van der Waals surface area contributed by atoms with Crippen molar-refractivity contribution in [3.05, 3.63) is 101 Å². The number of anilines is 1. The molecule has 0 spiro atoms. The zero-order valence-corrected chi connectivity index (χ0v) is 26.4. The van der Waals surface area contributed by atoms with Gasteiger partial charge in [-0.15, -0.1) is 0 Å². The molecule has 4 aromatic rings. The van der Waals surface area contributed by atoms with Gasteiger partial charge < -0.3 is 20.1 Å². The van der Waals surface area contributed by atoms with Crippen molar-refractivity contribution in [3.63, 3.8) is 0 Å². The number of amides is 2. The minimum Gasteiger partial charge on any atom is -0.361 e. The molecular weight excluding hydrogens is 570 g/mol. The average Bonchev–Trinajstić information content (AvgIpc) is 3.43. The van der Waals surface area contributed by atoms with Crippen molar-refractivity contribution in [2.45, 2.75) is 38.3 Å². The highest BCUT2D eigenvalue weighted by atomic mass is 35.5. The van der Waals surface area contributed by atoms with E-state index in [-0.39, 0.29) is 23.7 Å². The zero-order valence-electron chi connectivity index (χ0n) is 25.6. The van der Waals surface area contributed by atoms with Crippen LogP contribution < -0.4 is 10.2 Å². The molecular formula is C36H42ClN5O2. The SMILES string of the molecule is CN(C)C[C@H]1Cc2cc(Cl)ccc2N(C(=O)[C@@H](Cc2c[nH]c3ccccc23)NC(=O)C2CCN(Cc3ccccc3)CC2)C1. The maximum atomic E-state index is 14.6. The van der Waals surface area contributed by atoms with Crippen LogP contribution in [0, 0.1) is 11.8 Å². The molecule has 6 rings (SSSR count). The summed E-state index contributed by atoms with van der Waals surface area (Å²) in [6.07, 6.45) is 4.81. The largest absolute Gasteiger partial charge is 0.361 e. The molecule has 2 N–H and O–H groups in total. The molecule has 0 saturated carbocycles. The van der Waals surface area contributed by atoms with Gasteiger partial charge in [0.25, 0.3) is 0 Å². The number of para-hydroxylation sites is 1. The van der Waals surface area contributed by atoms with Gasteiger partial charge in [-0.25, -0.2) is 0 Å². The lowest BCUT2D eigenvalue weighted by Gasteiger charge is -2.38. The van der Waals surface area contributed by atoms with E-state index < -0.39 is 6.04 Å². The molecule has 230 valence electrons. The van der Waals surface area contributed by atoms with Crippen molar-refractivity contribution in [2.75, 3.05) is 45.2 Å². The maximum absolute atomic E-state index is 14.6. The van der Waals surface area contributed by atoms with E-state index in [1.54, 1.807) is 0 Å². The van der Waals surface area contributed by atoms with Gasteiger partial charge in [-0.3, -0.25) is 14.5 Å². The first kappa shape index (κ1) is 30.4. The fourth-order valence-corrected chi connectivity index (χ4v) is 7.15. The Balaban J connectivity index is 1.22. The molecule has 2 atom stereocenters. The minimum absolute atomic E-state index is 0.0271. The summed E-state index contributed by atoms with van der Waals surface area (Å²) in [7, 11) is 4.12. The number of hydrogen-bond acceptors (Lipinski definition) is 4.